The zero-order valence-corrected chi connectivity index (χ0v) is 12.8. The molecule has 0 fully saturated rings. The lowest BCUT2D eigenvalue weighted by atomic mass is 10.1. The number of hydrogen-bond acceptors (Lipinski definition) is 6. The maximum absolute atomic E-state index is 12.1. The number of methoxy groups -OCH3 is 2. The molecule has 0 saturated carbocycles. The Balaban J connectivity index is 3.70. The highest BCUT2D eigenvalue weighted by atomic mass is 16.5. The Hall–Kier alpha value is -2.31. The second kappa shape index (κ2) is 6.92. The van der Waals surface area contributed by atoms with E-state index >= 15 is 0 Å². The number of aromatic nitrogens is 1. The van der Waals surface area contributed by atoms with Gasteiger partial charge >= 0.3 is 17.9 Å². The molecular weight excluding hydrogens is 278 g/mol. The highest BCUT2D eigenvalue weighted by Gasteiger charge is 2.34. The number of ether oxygens (including phenoxy) is 3. The van der Waals surface area contributed by atoms with Gasteiger partial charge in [0.05, 0.1) is 26.4 Å². The molecule has 1 rings (SSSR count). The molecule has 0 bridgehead atoms. The second-order valence-corrected chi connectivity index (χ2v) is 4.13. The minimum Gasteiger partial charge on any atom is -0.465 e. The molecule has 0 amide bonds. The molecule has 116 valence electrons. The number of hydrogen-bond donors (Lipinski definition) is 0. The predicted molar refractivity (Wildman–Crippen MR) is 73.5 cm³/mol. The van der Waals surface area contributed by atoms with Crippen LogP contribution < -0.4 is 0 Å². The fourth-order valence-electron chi connectivity index (χ4n) is 2.19. The second-order valence-electron chi connectivity index (χ2n) is 4.13. The maximum atomic E-state index is 12.1. The molecule has 0 aliphatic carbocycles. The molecule has 7 nitrogen and oxygen atoms in total. The predicted octanol–water partition coefficient (Wildman–Crippen LogP) is 1.57. The number of nitrogens with zero attached hydrogens (tertiary/aromatic N) is 1. The molecule has 1 aromatic rings. The summed E-state index contributed by atoms with van der Waals surface area (Å²) in [6.07, 6.45) is 0. The molecule has 0 aliphatic heterocycles. The molecule has 1 heterocycles. The molecule has 0 unspecified atom stereocenters. The standard InChI is InChI=1S/C14H19NO6/c1-6-15-8(3)9(13(17)21-7-2)10(12(16)19-4)11(15)14(18)20-5/h6-7H2,1-5H3. The highest BCUT2D eigenvalue weighted by molar-refractivity contribution is 6.11. The number of carbonyl (C=O) groups is 3. The van der Waals surface area contributed by atoms with Gasteiger partial charge in [0, 0.05) is 12.2 Å². The summed E-state index contributed by atoms with van der Waals surface area (Å²) in [4.78, 5) is 36.1. The first-order valence-electron chi connectivity index (χ1n) is 6.51. The van der Waals surface area contributed by atoms with E-state index in [2.05, 4.69) is 4.74 Å². The van der Waals surface area contributed by atoms with Crippen LogP contribution in [0.5, 0.6) is 0 Å². The van der Waals surface area contributed by atoms with Gasteiger partial charge in [0.15, 0.2) is 0 Å². The largest absolute Gasteiger partial charge is 0.465 e. The number of esters is 3. The molecule has 0 aliphatic rings. The Morgan fingerprint density at radius 2 is 1.52 bits per heavy atom. The van der Waals surface area contributed by atoms with Crippen LogP contribution in [-0.4, -0.2) is 43.3 Å². The van der Waals surface area contributed by atoms with Crippen LogP contribution in [0.4, 0.5) is 0 Å². The summed E-state index contributed by atoms with van der Waals surface area (Å²) in [6, 6.07) is 0. The molecule has 0 saturated heterocycles. The third-order valence-corrected chi connectivity index (χ3v) is 3.09. The van der Waals surface area contributed by atoms with Crippen molar-refractivity contribution in [2.75, 3.05) is 20.8 Å². The summed E-state index contributed by atoms with van der Waals surface area (Å²) in [5.41, 5.74) is 0.359. The summed E-state index contributed by atoms with van der Waals surface area (Å²) >= 11 is 0. The van der Waals surface area contributed by atoms with Crippen LogP contribution in [0.2, 0.25) is 0 Å². The van der Waals surface area contributed by atoms with E-state index in [1.165, 1.54) is 18.8 Å². The van der Waals surface area contributed by atoms with Crippen molar-refractivity contribution in [3.05, 3.63) is 22.5 Å². The molecule has 21 heavy (non-hydrogen) atoms. The minimum atomic E-state index is -0.784. The molecule has 0 aromatic carbocycles. The molecule has 0 radical (unpaired) electrons. The zero-order chi connectivity index (χ0) is 16.2. The van der Waals surface area contributed by atoms with Gasteiger partial charge in [-0.25, -0.2) is 14.4 Å². The lowest BCUT2D eigenvalue weighted by Gasteiger charge is -2.07. The Kier molecular flexibility index (Phi) is 5.52. The topological polar surface area (TPSA) is 83.8 Å². The number of carbonyl (C=O) groups excluding carboxylic acids is 3. The van der Waals surface area contributed by atoms with Gasteiger partial charge in [-0.05, 0) is 20.8 Å². The van der Waals surface area contributed by atoms with Gasteiger partial charge < -0.3 is 18.8 Å². The van der Waals surface area contributed by atoms with Crippen LogP contribution in [0.15, 0.2) is 0 Å². The molecular formula is C14H19NO6. The Labute approximate surface area is 122 Å². The van der Waals surface area contributed by atoms with Crippen LogP contribution in [-0.2, 0) is 20.8 Å². The van der Waals surface area contributed by atoms with Crippen molar-refractivity contribution < 1.29 is 28.6 Å². The fourth-order valence-corrected chi connectivity index (χ4v) is 2.19. The lowest BCUT2D eigenvalue weighted by molar-refractivity contribution is 0.0501. The monoisotopic (exact) mass is 297 g/mol. The van der Waals surface area contributed by atoms with E-state index in [1.54, 1.807) is 20.8 Å². The van der Waals surface area contributed by atoms with Crippen molar-refractivity contribution in [2.45, 2.75) is 27.3 Å². The van der Waals surface area contributed by atoms with Crippen LogP contribution in [0.3, 0.4) is 0 Å². The Bertz CT molecular complexity index is 573. The van der Waals surface area contributed by atoms with Gasteiger partial charge in [-0.3, -0.25) is 0 Å². The summed E-state index contributed by atoms with van der Waals surface area (Å²) in [5, 5.41) is 0. The van der Waals surface area contributed by atoms with Crippen molar-refractivity contribution in [3.8, 4) is 0 Å². The number of rotatable bonds is 5. The van der Waals surface area contributed by atoms with Crippen LogP contribution >= 0.6 is 0 Å². The SMILES string of the molecule is CCOC(=O)c1c(C(=O)OC)c(C(=O)OC)n(CC)c1C. The summed E-state index contributed by atoms with van der Waals surface area (Å²) in [7, 11) is 2.38. The lowest BCUT2D eigenvalue weighted by Crippen LogP contribution is -2.17. The van der Waals surface area contributed by atoms with Gasteiger partial charge in [-0.2, -0.15) is 0 Å². The van der Waals surface area contributed by atoms with Gasteiger partial charge in [0.2, 0.25) is 0 Å². The van der Waals surface area contributed by atoms with Crippen molar-refractivity contribution in [2.24, 2.45) is 0 Å². The first-order chi connectivity index (χ1) is 9.94. The molecule has 7 heteroatoms. The average molecular weight is 297 g/mol. The molecule has 1 aromatic heterocycles. The van der Waals surface area contributed by atoms with E-state index < -0.39 is 17.9 Å². The smallest absolute Gasteiger partial charge is 0.355 e. The van der Waals surface area contributed by atoms with Gasteiger partial charge in [0.1, 0.15) is 11.3 Å². The van der Waals surface area contributed by atoms with Gasteiger partial charge in [0.25, 0.3) is 0 Å². The van der Waals surface area contributed by atoms with Crippen molar-refractivity contribution in [1.82, 2.24) is 4.57 Å². The first kappa shape index (κ1) is 16.7. The summed E-state index contributed by atoms with van der Waals surface area (Å²) in [5.74, 6) is -2.17. The van der Waals surface area contributed by atoms with Crippen molar-refractivity contribution in [1.29, 1.82) is 0 Å². The third-order valence-electron chi connectivity index (χ3n) is 3.09. The quantitative estimate of drug-likeness (QED) is 0.606. The summed E-state index contributed by atoms with van der Waals surface area (Å²) < 4.78 is 15.9. The van der Waals surface area contributed by atoms with E-state index in [0.717, 1.165) is 0 Å². The van der Waals surface area contributed by atoms with Crippen LogP contribution in [0, 0.1) is 6.92 Å². The van der Waals surface area contributed by atoms with Crippen molar-refractivity contribution >= 4 is 17.9 Å². The van der Waals surface area contributed by atoms with E-state index in [9.17, 15) is 14.4 Å². The Morgan fingerprint density at radius 3 is 1.95 bits per heavy atom. The van der Waals surface area contributed by atoms with E-state index in [-0.39, 0.29) is 23.4 Å². The average Bonchev–Trinajstić information content (AvgIpc) is 2.78. The zero-order valence-electron chi connectivity index (χ0n) is 12.8. The minimum absolute atomic E-state index is 0.00703. The normalized spacial score (nSPS) is 10.1. The molecule has 0 atom stereocenters. The van der Waals surface area contributed by atoms with Crippen LogP contribution in [0.25, 0.3) is 0 Å². The molecule has 0 spiro atoms. The Morgan fingerprint density at radius 1 is 0.952 bits per heavy atom. The van der Waals surface area contributed by atoms with Gasteiger partial charge in [-0.1, -0.05) is 0 Å². The van der Waals surface area contributed by atoms with Crippen LogP contribution in [0.1, 0.15) is 50.7 Å². The van der Waals surface area contributed by atoms with Gasteiger partial charge in [-0.15, -0.1) is 0 Å². The van der Waals surface area contributed by atoms with Crippen molar-refractivity contribution in [3.63, 3.8) is 0 Å². The van der Waals surface area contributed by atoms with E-state index in [4.69, 9.17) is 9.47 Å². The first-order valence-corrected chi connectivity index (χ1v) is 6.51. The maximum Gasteiger partial charge on any atom is 0.355 e. The van der Waals surface area contributed by atoms with E-state index in [1.807, 2.05) is 0 Å². The van der Waals surface area contributed by atoms with E-state index in [0.29, 0.717) is 12.2 Å². The summed E-state index contributed by atoms with van der Waals surface area (Å²) in [6.45, 7) is 5.62. The molecule has 0 N–H and O–H groups in total. The third kappa shape index (κ3) is 2.91. The highest BCUT2D eigenvalue weighted by Crippen LogP contribution is 2.25. The fraction of sp³-hybridized carbons (Fsp3) is 0.500.